The molecule has 0 heterocycles. The minimum Gasteiger partial charge on any atom is -0.394 e. The Balaban J connectivity index is 2.43. The van der Waals surface area contributed by atoms with Gasteiger partial charge in [0.25, 0.3) is 0 Å². The van der Waals surface area contributed by atoms with Crippen LogP contribution in [0.1, 0.15) is 32.3 Å². The van der Waals surface area contributed by atoms with Gasteiger partial charge in [-0.05, 0) is 31.7 Å². The first-order valence-electron chi connectivity index (χ1n) is 6.69. The first kappa shape index (κ1) is 15.2. The molecule has 0 fully saturated rings. The van der Waals surface area contributed by atoms with E-state index in [1.54, 1.807) is 0 Å². The lowest BCUT2D eigenvalue weighted by molar-refractivity contribution is 0.0784. The minimum atomic E-state index is -0.546. The highest BCUT2D eigenvalue weighted by molar-refractivity contribution is 5.14. The van der Waals surface area contributed by atoms with E-state index in [4.69, 9.17) is 0 Å². The molecule has 1 rings (SSSR count). The van der Waals surface area contributed by atoms with Gasteiger partial charge in [-0.25, -0.2) is 0 Å². The topological polar surface area (TPSA) is 52.5 Å². The summed E-state index contributed by atoms with van der Waals surface area (Å²) in [5, 5.41) is 22.1. The minimum absolute atomic E-state index is 0.0321. The second kappa shape index (κ2) is 7.52. The molecule has 0 saturated carbocycles. The zero-order chi connectivity index (χ0) is 13.4. The van der Waals surface area contributed by atoms with E-state index in [0.29, 0.717) is 0 Å². The third-order valence-corrected chi connectivity index (χ3v) is 3.54. The molecule has 3 nitrogen and oxygen atoms in total. The maximum absolute atomic E-state index is 9.39. The van der Waals surface area contributed by atoms with Crippen LogP contribution < -0.4 is 5.32 Å². The molecular formula is C15H25NO2. The maximum Gasteiger partial charge on any atom is 0.0647 e. The van der Waals surface area contributed by atoms with Gasteiger partial charge in [-0.2, -0.15) is 0 Å². The number of aliphatic hydroxyl groups excluding tert-OH is 2. The van der Waals surface area contributed by atoms with Crippen LogP contribution in [0.25, 0.3) is 0 Å². The van der Waals surface area contributed by atoms with Crippen molar-refractivity contribution in [1.82, 2.24) is 5.32 Å². The summed E-state index contributed by atoms with van der Waals surface area (Å²) in [5.41, 5.74) is 0.775. The highest BCUT2D eigenvalue weighted by Crippen LogP contribution is 2.12. The van der Waals surface area contributed by atoms with Crippen LogP contribution in [0.2, 0.25) is 0 Å². The second-order valence-electron chi connectivity index (χ2n) is 5.02. The molecular weight excluding hydrogens is 226 g/mol. The molecule has 0 aliphatic rings. The van der Waals surface area contributed by atoms with Gasteiger partial charge in [-0.1, -0.05) is 37.3 Å². The van der Waals surface area contributed by atoms with Crippen LogP contribution in [0, 0.1) is 0 Å². The van der Waals surface area contributed by atoms with Gasteiger partial charge < -0.3 is 15.5 Å². The summed E-state index contributed by atoms with van der Waals surface area (Å²) < 4.78 is 0. The van der Waals surface area contributed by atoms with Gasteiger partial charge in [0.1, 0.15) is 0 Å². The first-order chi connectivity index (χ1) is 8.65. The van der Waals surface area contributed by atoms with Crippen molar-refractivity contribution in [2.45, 2.75) is 44.7 Å². The molecule has 3 N–H and O–H groups in total. The number of rotatable bonds is 8. The molecule has 0 bridgehead atoms. The highest BCUT2D eigenvalue weighted by Gasteiger charge is 2.27. The number of nitrogens with one attached hydrogen (secondary N) is 1. The molecule has 1 atom stereocenters. The fourth-order valence-electron chi connectivity index (χ4n) is 2.09. The van der Waals surface area contributed by atoms with Crippen molar-refractivity contribution in [2.75, 3.05) is 13.2 Å². The number of hydrogen-bond donors (Lipinski definition) is 3. The zero-order valence-corrected chi connectivity index (χ0v) is 11.4. The first-order valence-corrected chi connectivity index (χ1v) is 6.69. The summed E-state index contributed by atoms with van der Waals surface area (Å²) >= 11 is 0. The Morgan fingerprint density at radius 3 is 2.28 bits per heavy atom. The molecule has 0 aliphatic carbocycles. The molecule has 0 aliphatic heterocycles. The molecule has 0 amide bonds. The van der Waals surface area contributed by atoms with Crippen LogP contribution in [0.3, 0.4) is 0 Å². The van der Waals surface area contributed by atoms with E-state index in [1.807, 2.05) is 25.1 Å². The van der Waals surface area contributed by atoms with Crippen molar-refractivity contribution < 1.29 is 10.2 Å². The smallest absolute Gasteiger partial charge is 0.0647 e. The van der Waals surface area contributed by atoms with Crippen LogP contribution in [0.4, 0.5) is 0 Å². The van der Waals surface area contributed by atoms with Gasteiger partial charge >= 0.3 is 0 Å². The highest BCUT2D eigenvalue weighted by atomic mass is 16.3. The Morgan fingerprint density at radius 2 is 1.78 bits per heavy atom. The quantitative estimate of drug-likeness (QED) is 0.659. The normalized spacial score (nSPS) is 13.6. The molecule has 0 spiro atoms. The molecule has 0 aromatic heterocycles. The molecule has 0 radical (unpaired) electrons. The lowest BCUT2D eigenvalue weighted by atomic mass is 9.96. The van der Waals surface area contributed by atoms with Crippen LogP contribution in [-0.2, 0) is 6.42 Å². The summed E-state index contributed by atoms with van der Waals surface area (Å²) in [4.78, 5) is 0. The maximum atomic E-state index is 9.39. The summed E-state index contributed by atoms with van der Waals surface area (Å²) in [5.74, 6) is 0. The third kappa shape index (κ3) is 4.41. The van der Waals surface area contributed by atoms with Crippen molar-refractivity contribution >= 4 is 0 Å². The van der Waals surface area contributed by atoms with E-state index in [0.717, 1.165) is 19.3 Å². The van der Waals surface area contributed by atoms with E-state index in [-0.39, 0.29) is 19.3 Å². The van der Waals surface area contributed by atoms with Crippen molar-refractivity contribution in [3.05, 3.63) is 35.9 Å². The molecule has 3 heteroatoms. The van der Waals surface area contributed by atoms with E-state index in [9.17, 15) is 10.2 Å². The largest absolute Gasteiger partial charge is 0.394 e. The van der Waals surface area contributed by atoms with Crippen LogP contribution in [0.5, 0.6) is 0 Å². The Bertz CT molecular complexity index is 314. The Hall–Kier alpha value is -0.900. The van der Waals surface area contributed by atoms with Crippen molar-refractivity contribution in [3.8, 4) is 0 Å². The van der Waals surface area contributed by atoms with E-state index in [1.165, 1.54) is 5.56 Å². The molecule has 1 aromatic carbocycles. The fourth-order valence-corrected chi connectivity index (χ4v) is 2.09. The number of hydrogen-bond acceptors (Lipinski definition) is 3. The summed E-state index contributed by atoms with van der Waals surface area (Å²) in [6.45, 7) is 4.01. The van der Waals surface area contributed by atoms with Gasteiger partial charge in [0.05, 0.1) is 18.8 Å². The summed E-state index contributed by atoms with van der Waals surface area (Å²) in [6.07, 6.45) is 2.72. The van der Waals surface area contributed by atoms with Gasteiger partial charge in [-0.3, -0.25) is 0 Å². The zero-order valence-electron chi connectivity index (χ0n) is 11.4. The Labute approximate surface area is 110 Å². The van der Waals surface area contributed by atoms with E-state index in [2.05, 4.69) is 24.4 Å². The lowest BCUT2D eigenvalue weighted by Crippen LogP contribution is -2.54. The predicted octanol–water partition coefficient (Wildman–Crippen LogP) is 1.73. The van der Waals surface area contributed by atoms with Gasteiger partial charge in [0.2, 0.25) is 0 Å². The molecule has 1 aromatic rings. The number of benzene rings is 1. The predicted molar refractivity (Wildman–Crippen MR) is 74.6 cm³/mol. The molecule has 1 unspecified atom stereocenters. The van der Waals surface area contributed by atoms with Crippen molar-refractivity contribution in [2.24, 2.45) is 0 Å². The van der Waals surface area contributed by atoms with Crippen LogP contribution >= 0.6 is 0 Å². The fraction of sp³-hybridized carbons (Fsp3) is 0.600. The van der Waals surface area contributed by atoms with Gasteiger partial charge in [-0.15, -0.1) is 0 Å². The lowest BCUT2D eigenvalue weighted by Gasteiger charge is -2.33. The van der Waals surface area contributed by atoms with Crippen LogP contribution in [0.15, 0.2) is 30.3 Å². The van der Waals surface area contributed by atoms with Gasteiger partial charge in [0.15, 0.2) is 0 Å². The van der Waals surface area contributed by atoms with E-state index >= 15 is 0 Å². The van der Waals surface area contributed by atoms with Gasteiger partial charge in [0, 0.05) is 6.04 Å². The molecule has 0 saturated heterocycles. The SMILES string of the molecule is CCC(CO)(CO)NC(C)CCc1ccccc1. The number of aliphatic hydroxyl groups is 2. The van der Waals surface area contributed by atoms with Crippen molar-refractivity contribution in [1.29, 1.82) is 0 Å². The average molecular weight is 251 g/mol. The summed E-state index contributed by atoms with van der Waals surface area (Å²) in [7, 11) is 0. The molecule has 18 heavy (non-hydrogen) atoms. The summed E-state index contributed by atoms with van der Waals surface area (Å²) in [6, 6.07) is 10.6. The third-order valence-electron chi connectivity index (χ3n) is 3.54. The monoisotopic (exact) mass is 251 g/mol. The Kier molecular flexibility index (Phi) is 6.33. The molecule has 102 valence electrons. The Morgan fingerprint density at radius 1 is 1.17 bits per heavy atom. The van der Waals surface area contributed by atoms with Crippen molar-refractivity contribution in [3.63, 3.8) is 0 Å². The average Bonchev–Trinajstić information content (AvgIpc) is 2.44. The standard InChI is InChI=1S/C15H25NO2/c1-3-15(11-17,12-18)16-13(2)9-10-14-7-5-4-6-8-14/h4-8,13,16-18H,3,9-12H2,1-2H3. The second-order valence-corrected chi connectivity index (χ2v) is 5.02. The number of aryl methyl sites for hydroxylation is 1. The van der Waals surface area contributed by atoms with E-state index < -0.39 is 5.54 Å². The van der Waals surface area contributed by atoms with Crippen LogP contribution in [-0.4, -0.2) is 35.0 Å².